The number of nitrogens with zero attached hydrogens (tertiary/aromatic N) is 2. The smallest absolute Gasteiger partial charge is 0.0774 e. The molecule has 0 aliphatic heterocycles. The van der Waals surface area contributed by atoms with Gasteiger partial charge in [0.2, 0.25) is 0 Å². The van der Waals surface area contributed by atoms with E-state index in [-0.39, 0.29) is 0 Å². The first kappa shape index (κ1) is 19.4. The quantitative estimate of drug-likeness (QED) is 0.683. The molecule has 0 N–H and O–H groups in total. The van der Waals surface area contributed by atoms with E-state index in [4.69, 9.17) is 0 Å². The Kier molecular flexibility index (Phi) is 5.46. The molecule has 2 unspecified atom stereocenters. The normalized spacial score (nSPS) is 19.6. The van der Waals surface area contributed by atoms with Crippen LogP contribution in [-0.2, 0) is 6.42 Å². The molecule has 1 aliphatic carbocycles. The van der Waals surface area contributed by atoms with Crippen molar-refractivity contribution in [1.29, 1.82) is 0 Å². The van der Waals surface area contributed by atoms with Crippen molar-refractivity contribution in [2.24, 2.45) is 0 Å². The van der Waals surface area contributed by atoms with E-state index in [2.05, 4.69) is 85.7 Å². The van der Waals surface area contributed by atoms with Gasteiger partial charge in [0, 0.05) is 23.7 Å². The van der Waals surface area contributed by atoms with E-state index in [1.54, 1.807) is 0 Å². The molecule has 1 aliphatic rings. The van der Waals surface area contributed by atoms with E-state index in [9.17, 15) is 0 Å². The van der Waals surface area contributed by atoms with Crippen LogP contribution in [0, 0.1) is 0 Å². The molecule has 29 heavy (non-hydrogen) atoms. The zero-order chi connectivity index (χ0) is 20.4. The lowest BCUT2D eigenvalue weighted by Gasteiger charge is -2.35. The number of fused-ring (bicyclic) bond motifs is 1. The first-order chi connectivity index (χ1) is 14.1. The summed E-state index contributed by atoms with van der Waals surface area (Å²) >= 11 is 0. The van der Waals surface area contributed by atoms with Crippen molar-refractivity contribution in [3.8, 4) is 0 Å². The van der Waals surface area contributed by atoms with Crippen LogP contribution in [0.2, 0.25) is 0 Å². The molecule has 0 radical (unpaired) electrons. The van der Waals surface area contributed by atoms with E-state index < -0.39 is 0 Å². The van der Waals surface area contributed by atoms with E-state index in [0.29, 0.717) is 12.0 Å². The highest BCUT2D eigenvalue weighted by Gasteiger charge is 2.29. The van der Waals surface area contributed by atoms with Gasteiger partial charge in [0.15, 0.2) is 0 Å². The monoisotopic (exact) mass is 380 g/mol. The fourth-order valence-corrected chi connectivity index (χ4v) is 4.46. The average molecular weight is 381 g/mol. The minimum absolute atomic E-state index is 0.390. The van der Waals surface area contributed by atoms with Gasteiger partial charge in [0.05, 0.1) is 5.35 Å². The molecule has 1 heterocycles. The number of benzene rings is 2. The molecule has 0 amide bonds. The second kappa shape index (κ2) is 8.18. The largest absolute Gasteiger partial charge is 0.306 e. The zero-order valence-electron chi connectivity index (χ0n) is 17.3. The Morgan fingerprint density at radius 1 is 1.07 bits per heavy atom. The van der Waals surface area contributed by atoms with Gasteiger partial charge in [0.1, 0.15) is 0 Å². The highest BCUT2D eigenvalue weighted by molar-refractivity contribution is 5.73. The number of rotatable bonds is 4. The van der Waals surface area contributed by atoms with Crippen molar-refractivity contribution in [1.82, 2.24) is 9.88 Å². The van der Waals surface area contributed by atoms with E-state index >= 15 is 0 Å². The van der Waals surface area contributed by atoms with Crippen molar-refractivity contribution in [2.45, 2.75) is 24.8 Å². The summed E-state index contributed by atoms with van der Waals surface area (Å²) in [6.07, 6.45) is 5.95. The van der Waals surface area contributed by atoms with E-state index in [1.807, 2.05) is 24.4 Å². The van der Waals surface area contributed by atoms with Crippen LogP contribution in [0.25, 0.3) is 12.2 Å². The zero-order valence-corrected chi connectivity index (χ0v) is 17.3. The van der Waals surface area contributed by atoms with Crippen LogP contribution in [-0.4, -0.2) is 30.0 Å². The van der Waals surface area contributed by atoms with Gasteiger partial charge in [-0.15, -0.1) is 0 Å². The summed E-state index contributed by atoms with van der Waals surface area (Å²) in [5, 5.41) is 1.82. The van der Waals surface area contributed by atoms with Crippen LogP contribution < -0.4 is 10.6 Å². The van der Waals surface area contributed by atoms with Gasteiger partial charge in [-0.25, -0.2) is 0 Å². The summed E-state index contributed by atoms with van der Waals surface area (Å²) < 4.78 is 0. The first-order valence-electron chi connectivity index (χ1n) is 10.2. The molecule has 0 saturated heterocycles. The molecule has 2 heteroatoms. The van der Waals surface area contributed by atoms with Crippen molar-refractivity contribution >= 4 is 12.2 Å². The summed E-state index contributed by atoms with van der Waals surface area (Å²) in [4.78, 5) is 6.92. The van der Waals surface area contributed by atoms with Gasteiger partial charge >= 0.3 is 0 Å². The first-order valence-corrected chi connectivity index (χ1v) is 10.2. The summed E-state index contributed by atoms with van der Waals surface area (Å²) in [6.45, 7) is 8.21. The molecular weight excluding hydrogens is 352 g/mol. The van der Waals surface area contributed by atoms with Crippen LogP contribution in [0.1, 0.15) is 34.6 Å². The lowest BCUT2D eigenvalue weighted by molar-refractivity contribution is 0.258. The number of allylic oxidation sites excluding steroid dienone is 1. The highest BCUT2D eigenvalue weighted by atomic mass is 15.1. The maximum Gasteiger partial charge on any atom is 0.0774 e. The molecule has 1 aromatic heterocycles. The van der Waals surface area contributed by atoms with Crippen molar-refractivity contribution in [2.75, 3.05) is 14.1 Å². The molecule has 3 aromatic rings. The Labute approximate surface area is 173 Å². The predicted octanol–water partition coefficient (Wildman–Crippen LogP) is 3.89. The third-order valence-electron chi connectivity index (χ3n) is 6.07. The van der Waals surface area contributed by atoms with Crippen LogP contribution in [0.5, 0.6) is 0 Å². The average Bonchev–Trinajstić information content (AvgIpc) is 2.75. The topological polar surface area (TPSA) is 16.1 Å². The second-order valence-electron chi connectivity index (χ2n) is 8.06. The maximum atomic E-state index is 4.56. The summed E-state index contributed by atoms with van der Waals surface area (Å²) in [5.41, 5.74) is 6.45. The van der Waals surface area contributed by atoms with Crippen molar-refractivity contribution < 1.29 is 0 Å². The minimum atomic E-state index is 0.390. The number of aromatic nitrogens is 1. The molecule has 0 saturated carbocycles. The minimum Gasteiger partial charge on any atom is -0.306 e. The van der Waals surface area contributed by atoms with Gasteiger partial charge in [-0.1, -0.05) is 73.8 Å². The third-order valence-corrected chi connectivity index (χ3v) is 6.07. The van der Waals surface area contributed by atoms with Crippen molar-refractivity contribution in [3.63, 3.8) is 0 Å². The number of hydrogen-bond acceptors (Lipinski definition) is 2. The Morgan fingerprint density at radius 2 is 1.90 bits per heavy atom. The summed E-state index contributed by atoms with van der Waals surface area (Å²) in [7, 11) is 4.37. The Balaban J connectivity index is 1.84. The van der Waals surface area contributed by atoms with Gasteiger partial charge in [-0.3, -0.25) is 4.98 Å². The Bertz CT molecular complexity index is 1140. The summed E-state index contributed by atoms with van der Waals surface area (Å²) in [6, 6.07) is 22.2. The molecule has 4 rings (SSSR count). The molecule has 2 aromatic carbocycles. The summed E-state index contributed by atoms with van der Waals surface area (Å²) in [5.74, 6) is 0.390. The fraction of sp³-hybridized carbons (Fsp3) is 0.222. The number of pyridine rings is 1. The van der Waals surface area contributed by atoms with Gasteiger partial charge in [-0.05, 0) is 60.5 Å². The Morgan fingerprint density at radius 3 is 2.66 bits per heavy atom. The predicted molar refractivity (Wildman–Crippen MR) is 122 cm³/mol. The van der Waals surface area contributed by atoms with Gasteiger partial charge in [-0.2, -0.15) is 0 Å². The molecule has 0 fully saturated rings. The molecule has 0 bridgehead atoms. The molecule has 0 spiro atoms. The van der Waals surface area contributed by atoms with Gasteiger partial charge < -0.3 is 4.90 Å². The third kappa shape index (κ3) is 3.81. The molecule has 2 nitrogen and oxygen atoms in total. The second-order valence-corrected chi connectivity index (χ2v) is 8.06. The van der Waals surface area contributed by atoms with E-state index in [1.165, 1.54) is 16.7 Å². The lowest BCUT2D eigenvalue weighted by Crippen LogP contribution is -2.35. The maximum absolute atomic E-state index is 4.56. The van der Waals surface area contributed by atoms with Crippen LogP contribution in [0.15, 0.2) is 79.5 Å². The fourth-order valence-electron chi connectivity index (χ4n) is 4.46. The number of hydrogen-bond donors (Lipinski definition) is 0. The van der Waals surface area contributed by atoms with Crippen LogP contribution in [0.4, 0.5) is 0 Å². The SMILES string of the molecule is C=C/C(c1cccc(C2CC(N(C)C)Cc3ccccc32)c1)=c1/ncccc1=C. The molecule has 146 valence electrons. The van der Waals surface area contributed by atoms with E-state index in [0.717, 1.165) is 34.5 Å². The number of likely N-dealkylation sites (N-methyl/N-ethyl adjacent to an activating group) is 1. The van der Waals surface area contributed by atoms with Crippen LogP contribution >= 0.6 is 0 Å². The lowest BCUT2D eigenvalue weighted by atomic mass is 9.76. The standard InChI is InChI=1S/C27H28N2/c1-5-24(27-19(2)10-9-15-28-27)20-12-8-13-21(16-20)26-18-23(29(3)4)17-22-11-6-7-14-25(22)26/h5-16,23,26H,1-2,17-18H2,3-4H3/b27-24-. The molecule has 2 atom stereocenters. The van der Waals surface area contributed by atoms with Crippen LogP contribution in [0.3, 0.4) is 0 Å². The Hall–Kier alpha value is -2.97. The van der Waals surface area contributed by atoms with Gasteiger partial charge in [0.25, 0.3) is 0 Å². The highest BCUT2D eigenvalue weighted by Crippen LogP contribution is 2.38. The van der Waals surface area contributed by atoms with Crippen molar-refractivity contribution in [3.05, 3.63) is 112 Å². The molecular formula is C27H28N2.